The van der Waals surface area contributed by atoms with E-state index in [2.05, 4.69) is 40.5 Å². The molecule has 0 aliphatic carbocycles. The van der Waals surface area contributed by atoms with Crippen molar-refractivity contribution in [2.75, 3.05) is 20.1 Å². The molecule has 6 heteroatoms. The van der Waals surface area contributed by atoms with Crippen molar-refractivity contribution in [3.63, 3.8) is 0 Å². The van der Waals surface area contributed by atoms with Crippen LogP contribution in [0.5, 0.6) is 0 Å². The summed E-state index contributed by atoms with van der Waals surface area (Å²) in [5.74, 6) is -0.500. The molecule has 0 saturated heterocycles. The van der Waals surface area contributed by atoms with Crippen LogP contribution in [-0.4, -0.2) is 35.1 Å². The highest BCUT2D eigenvalue weighted by atomic mass is 32.2. The van der Waals surface area contributed by atoms with Crippen LogP contribution in [0.3, 0.4) is 0 Å². The van der Waals surface area contributed by atoms with Crippen LogP contribution in [0.2, 0.25) is 0 Å². The van der Waals surface area contributed by atoms with Crippen molar-refractivity contribution in [1.82, 2.24) is 9.80 Å². The van der Waals surface area contributed by atoms with Crippen molar-refractivity contribution in [1.29, 1.82) is 0 Å². The van der Waals surface area contributed by atoms with Crippen molar-refractivity contribution in [2.45, 2.75) is 6.04 Å². The summed E-state index contributed by atoms with van der Waals surface area (Å²) in [6.45, 7) is 1.49. The van der Waals surface area contributed by atoms with E-state index in [1.165, 1.54) is 29.8 Å². The second kappa shape index (κ2) is 8.95. The smallest absolute Gasteiger partial charge is 0.174 e. The van der Waals surface area contributed by atoms with Crippen molar-refractivity contribution < 1.29 is 8.78 Å². The Labute approximate surface area is 207 Å². The lowest BCUT2D eigenvalue weighted by Crippen LogP contribution is -2.40. The summed E-state index contributed by atoms with van der Waals surface area (Å²) < 4.78 is 27.4. The van der Waals surface area contributed by atoms with Crippen LogP contribution >= 0.6 is 11.8 Å². The molecule has 3 nitrogen and oxygen atoms in total. The van der Waals surface area contributed by atoms with Gasteiger partial charge in [-0.1, -0.05) is 66.4 Å². The van der Waals surface area contributed by atoms with Crippen LogP contribution in [-0.2, 0) is 0 Å². The van der Waals surface area contributed by atoms with Gasteiger partial charge in [-0.2, -0.15) is 0 Å². The number of thioether (sulfide) groups is 1. The molecule has 0 N–H and O–H groups in total. The van der Waals surface area contributed by atoms with Gasteiger partial charge in [-0.3, -0.25) is 4.90 Å². The Hall–Kier alpha value is -3.48. The first-order valence-corrected chi connectivity index (χ1v) is 12.4. The molecule has 3 aromatic carbocycles. The fourth-order valence-electron chi connectivity index (χ4n) is 4.94. The average molecular weight is 484 g/mol. The van der Waals surface area contributed by atoms with E-state index in [1.54, 1.807) is 23.9 Å². The molecule has 1 atom stereocenters. The highest BCUT2D eigenvalue weighted by Gasteiger charge is 2.41. The van der Waals surface area contributed by atoms with Gasteiger partial charge < -0.3 is 4.90 Å². The van der Waals surface area contributed by atoms with E-state index < -0.39 is 0 Å². The fourth-order valence-corrected chi connectivity index (χ4v) is 5.87. The van der Waals surface area contributed by atoms with Gasteiger partial charge in [0, 0.05) is 18.5 Å². The predicted molar refractivity (Wildman–Crippen MR) is 139 cm³/mol. The summed E-state index contributed by atoms with van der Waals surface area (Å²) in [7, 11) is 2.09. The van der Waals surface area contributed by atoms with E-state index in [-0.39, 0.29) is 17.7 Å². The van der Waals surface area contributed by atoms with Crippen molar-refractivity contribution in [2.24, 2.45) is 4.99 Å². The number of amidine groups is 1. The van der Waals surface area contributed by atoms with Gasteiger partial charge in [0.1, 0.15) is 11.6 Å². The maximum absolute atomic E-state index is 13.9. The van der Waals surface area contributed by atoms with Crippen LogP contribution < -0.4 is 0 Å². The molecule has 3 heterocycles. The molecule has 3 aliphatic heterocycles. The number of rotatable bonds is 3. The number of halogens is 2. The molecule has 0 unspecified atom stereocenters. The second-order valence-electron chi connectivity index (χ2n) is 8.97. The third-order valence-corrected chi connectivity index (χ3v) is 7.33. The van der Waals surface area contributed by atoms with Crippen LogP contribution in [0.1, 0.15) is 22.7 Å². The Morgan fingerprint density at radius 2 is 1.57 bits per heavy atom. The van der Waals surface area contributed by atoms with Gasteiger partial charge in [0.2, 0.25) is 0 Å². The topological polar surface area (TPSA) is 18.8 Å². The third-order valence-electron chi connectivity index (χ3n) is 6.49. The Balaban J connectivity index is 1.51. The highest BCUT2D eigenvalue weighted by Crippen LogP contribution is 2.49. The summed E-state index contributed by atoms with van der Waals surface area (Å²) in [4.78, 5) is 9.70. The van der Waals surface area contributed by atoms with Gasteiger partial charge in [0.05, 0.1) is 17.4 Å². The molecule has 0 amide bonds. The first kappa shape index (κ1) is 22.0. The first-order valence-electron chi connectivity index (χ1n) is 11.5. The third kappa shape index (κ3) is 4.13. The van der Waals surface area contributed by atoms with Crippen molar-refractivity contribution in [3.8, 4) is 0 Å². The normalized spacial score (nSPS) is 21.1. The molecule has 0 fully saturated rings. The lowest BCUT2D eigenvalue weighted by atomic mass is 9.88. The molecule has 0 bridgehead atoms. The Morgan fingerprint density at radius 3 is 2.29 bits per heavy atom. The van der Waals surface area contributed by atoms with Gasteiger partial charge >= 0.3 is 0 Å². The zero-order valence-corrected chi connectivity index (χ0v) is 20.0. The van der Waals surface area contributed by atoms with Crippen molar-refractivity contribution >= 4 is 28.7 Å². The van der Waals surface area contributed by atoms with E-state index in [4.69, 9.17) is 4.99 Å². The van der Waals surface area contributed by atoms with Gasteiger partial charge in [0.25, 0.3) is 0 Å². The highest BCUT2D eigenvalue weighted by molar-refractivity contribution is 8.16. The van der Waals surface area contributed by atoms with Crippen LogP contribution in [0.25, 0.3) is 11.8 Å². The summed E-state index contributed by atoms with van der Waals surface area (Å²) in [5, 5.41) is 3.06. The van der Waals surface area contributed by atoms with Crippen LogP contribution in [0.15, 0.2) is 106 Å². The maximum Gasteiger partial charge on any atom is 0.174 e. The van der Waals surface area contributed by atoms with E-state index in [9.17, 15) is 8.78 Å². The quantitative estimate of drug-likeness (QED) is 0.413. The Bertz CT molecular complexity index is 1390. The van der Waals surface area contributed by atoms with Crippen LogP contribution in [0, 0.1) is 11.6 Å². The minimum Gasteiger partial charge on any atom is -0.308 e. The number of fused-ring (bicyclic) bond motifs is 1. The molecule has 3 aliphatic rings. The standard InChI is InChI=1S/C29H23F2N3S/c1-33-16-22(15-19-7-11-23(30)12-8-19)27-25(17-33)28(21-9-13-24(31)14-10-21)34-26(18-35-29(34)32-27)20-5-3-2-4-6-20/h2-15,18,28H,16-17H2,1H3/b22-15+/t28-/m0/s1. The molecule has 0 radical (unpaired) electrons. The number of hydrogen-bond acceptors (Lipinski definition) is 4. The largest absolute Gasteiger partial charge is 0.308 e. The van der Waals surface area contributed by atoms with Gasteiger partial charge in [-0.15, -0.1) is 0 Å². The van der Waals surface area contributed by atoms with E-state index >= 15 is 0 Å². The van der Waals surface area contributed by atoms with E-state index in [0.717, 1.165) is 51.9 Å². The second-order valence-corrected chi connectivity index (χ2v) is 9.81. The summed E-state index contributed by atoms with van der Waals surface area (Å²) >= 11 is 1.61. The fraction of sp³-hybridized carbons (Fsp3) is 0.138. The number of hydrogen-bond donors (Lipinski definition) is 0. The monoisotopic (exact) mass is 483 g/mol. The number of nitrogens with zero attached hydrogens (tertiary/aromatic N) is 3. The zero-order chi connectivity index (χ0) is 23.9. The lowest BCUT2D eigenvalue weighted by molar-refractivity contribution is 0.344. The zero-order valence-electron chi connectivity index (χ0n) is 19.2. The predicted octanol–water partition coefficient (Wildman–Crippen LogP) is 6.71. The molecule has 174 valence electrons. The average Bonchev–Trinajstić information content (AvgIpc) is 3.29. The van der Waals surface area contributed by atoms with E-state index in [1.807, 2.05) is 30.3 Å². The molecule has 0 saturated carbocycles. The first-order chi connectivity index (χ1) is 17.1. The maximum atomic E-state index is 13.9. The molecule has 3 aromatic rings. The number of likely N-dealkylation sites (N-methyl/N-ethyl adjacent to an activating group) is 1. The Morgan fingerprint density at radius 1 is 0.886 bits per heavy atom. The van der Waals surface area contributed by atoms with Gasteiger partial charge in [-0.25, -0.2) is 13.8 Å². The molecule has 35 heavy (non-hydrogen) atoms. The molecule has 0 aromatic heterocycles. The summed E-state index contributed by atoms with van der Waals surface area (Å²) in [6, 6.07) is 23.5. The lowest BCUT2D eigenvalue weighted by Gasteiger charge is -2.42. The summed E-state index contributed by atoms with van der Waals surface area (Å²) in [6.07, 6.45) is 2.09. The number of benzene rings is 3. The van der Waals surface area contributed by atoms with Crippen molar-refractivity contribution in [3.05, 3.63) is 129 Å². The Kier molecular flexibility index (Phi) is 5.63. The molecular formula is C29H23F2N3S. The van der Waals surface area contributed by atoms with Gasteiger partial charge in [-0.05, 0) is 65.2 Å². The molecular weight excluding hydrogens is 460 g/mol. The minimum atomic E-state index is -0.250. The van der Waals surface area contributed by atoms with Crippen LogP contribution in [0.4, 0.5) is 8.78 Å². The van der Waals surface area contributed by atoms with Gasteiger partial charge in [0.15, 0.2) is 5.17 Å². The number of aliphatic imine (C=N–C) groups is 1. The summed E-state index contributed by atoms with van der Waals surface area (Å²) in [5.41, 5.74) is 7.40. The minimum absolute atomic E-state index is 0.112. The van der Waals surface area contributed by atoms with E-state index in [0.29, 0.717) is 0 Å². The SMILES string of the molecule is CN1CC2=C(N=C3SC=C(c4ccccc4)N3[C@H]2c2ccc(F)cc2)/C(=C/c2ccc(F)cc2)C1. The molecule has 0 spiro atoms. The molecule has 6 rings (SSSR count).